The third kappa shape index (κ3) is 7.22. The van der Waals surface area contributed by atoms with E-state index < -0.39 is 11.7 Å². The van der Waals surface area contributed by atoms with Crippen molar-refractivity contribution in [2.75, 3.05) is 39.3 Å². The summed E-state index contributed by atoms with van der Waals surface area (Å²) in [6.07, 6.45) is -1.18. The molecule has 1 saturated heterocycles. The maximum absolute atomic E-state index is 12.8. The van der Waals surface area contributed by atoms with Gasteiger partial charge >= 0.3 is 6.09 Å². The fourth-order valence-electron chi connectivity index (χ4n) is 2.52. The van der Waals surface area contributed by atoms with E-state index in [1.54, 1.807) is 4.90 Å². The van der Waals surface area contributed by atoms with Crippen LogP contribution < -0.4 is 10.5 Å². The predicted octanol–water partition coefficient (Wildman–Crippen LogP) is 1.43. The quantitative estimate of drug-likeness (QED) is 0.577. The zero-order valence-corrected chi connectivity index (χ0v) is 16.6. The molecular weight excluding hydrogens is 367 g/mol. The third-order valence-corrected chi connectivity index (χ3v) is 3.98. The van der Waals surface area contributed by atoms with Gasteiger partial charge in [0.1, 0.15) is 29.9 Å². The first-order chi connectivity index (χ1) is 13.1. The highest BCUT2D eigenvalue weighted by molar-refractivity contribution is 5.78. The van der Waals surface area contributed by atoms with Crippen LogP contribution in [0, 0.1) is 5.82 Å². The molecule has 1 aliphatic rings. The van der Waals surface area contributed by atoms with E-state index in [0.717, 1.165) is 0 Å². The number of aliphatic imine (C=N–C) groups is 1. The lowest BCUT2D eigenvalue weighted by Gasteiger charge is -2.36. The summed E-state index contributed by atoms with van der Waals surface area (Å²) in [5, 5.41) is 9.99. The highest BCUT2D eigenvalue weighted by Crippen LogP contribution is 2.12. The van der Waals surface area contributed by atoms with Gasteiger partial charge in [-0.15, -0.1) is 0 Å². The van der Waals surface area contributed by atoms with Gasteiger partial charge in [-0.1, -0.05) is 0 Å². The fourth-order valence-corrected chi connectivity index (χ4v) is 2.52. The number of piperazine rings is 1. The minimum absolute atomic E-state index is 0.0227. The fraction of sp³-hybridized carbons (Fsp3) is 0.579. The van der Waals surface area contributed by atoms with Crippen molar-refractivity contribution in [2.45, 2.75) is 32.5 Å². The number of hydrogen-bond donors (Lipinski definition) is 2. The Morgan fingerprint density at radius 2 is 1.79 bits per heavy atom. The van der Waals surface area contributed by atoms with Gasteiger partial charge in [-0.25, -0.2) is 9.18 Å². The number of benzene rings is 1. The molecule has 1 heterocycles. The Morgan fingerprint density at radius 1 is 1.21 bits per heavy atom. The molecule has 0 aliphatic carbocycles. The summed E-state index contributed by atoms with van der Waals surface area (Å²) in [4.78, 5) is 19.8. The van der Waals surface area contributed by atoms with Crippen LogP contribution >= 0.6 is 0 Å². The van der Waals surface area contributed by atoms with E-state index in [1.165, 1.54) is 24.3 Å². The van der Waals surface area contributed by atoms with Crippen LogP contribution in [0.25, 0.3) is 0 Å². The summed E-state index contributed by atoms with van der Waals surface area (Å²) in [6.45, 7) is 7.65. The average Bonchev–Trinajstić information content (AvgIpc) is 2.64. The van der Waals surface area contributed by atoms with E-state index in [9.17, 15) is 14.3 Å². The van der Waals surface area contributed by atoms with Crippen LogP contribution in [0.1, 0.15) is 20.8 Å². The number of nitrogens with zero attached hydrogens (tertiary/aromatic N) is 3. The van der Waals surface area contributed by atoms with Gasteiger partial charge in [0.25, 0.3) is 0 Å². The Hall–Kier alpha value is -2.55. The molecule has 1 unspecified atom stereocenters. The molecule has 1 aromatic rings. The number of carbonyl (C=O) groups is 1. The van der Waals surface area contributed by atoms with Crippen molar-refractivity contribution in [3.63, 3.8) is 0 Å². The minimum atomic E-state index is -0.841. The van der Waals surface area contributed by atoms with Crippen molar-refractivity contribution < 1.29 is 23.8 Å². The van der Waals surface area contributed by atoms with E-state index in [0.29, 0.717) is 37.9 Å². The number of guanidine groups is 1. The Bertz CT molecular complexity index is 668. The lowest BCUT2D eigenvalue weighted by atomic mass is 10.2. The molecule has 0 aromatic heterocycles. The molecular formula is C19H29FN4O4. The first-order valence-electron chi connectivity index (χ1n) is 9.23. The minimum Gasteiger partial charge on any atom is -0.491 e. The smallest absolute Gasteiger partial charge is 0.410 e. The predicted molar refractivity (Wildman–Crippen MR) is 104 cm³/mol. The second kappa shape index (κ2) is 9.59. The first-order valence-corrected chi connectivity index (χ1v) is 9.23. The monoisotopic (exact) mass is 396 g/mol. The molecule has 1 atom stereocenters. The van der Waals surface area contributed by atoms with Gasteiger partial charge < -0.3 is 30.1 Å². The van der Waals surface area contributed by atoms with Crippen LogP contribution in [0.5, 0.6) is 5.75 Å². The second-order valence-corrected chi connectivity index (χ2v) is 7.57. The van der Waals surface area contributed by atoms with E-state index in [2.05, 4.69) is 4.99 Å². The molecule has 3 N–H and O–H groups in total. The summed E-state index contributed by atoms with van der Waals surface area (Å²) >= 11 is 0. The molecule has 9 heteroatoms. The normalized spacial score (nSPS) is 16.7. The lowest BCUT2D eigenvalue weighted by molar-refractivity contribution is 0.0186. The van der Waals surface area contributed by atoms with Gasteiger partial charge in [0.2, 0.25) is 0 Å². The molecule has 28 heavy (non-hydrogen) atoms. The number of ether oxygens (including phenoxy) is 2. The number of amides is 1. The number of halogens is 1. The molecule has 2 rings (SSSR count). The summed E-state index contributed by atoms with van der Waals surface area (Å²) in [7, 11) is 0. The Labute approximate surface area is 164 Å². The zero-order chi connectivity index (χ0) is 20.7. The maximum Gasteiger partial charge on any atom is 0.410 e. The number of aliphatic hydroxyl groups is 1. The Balaban J connectivity index is 1.73. The van der Waals surface area contributed by atoms with Crippen molar-refractivity contribution in [3.05, 3.63) is 30.1 Å². The number of carbonyl (C=O) groups excluding carboxylic acids is 1. The largest absolute Gasteiger partial charge is 0.491 e. The summed E-state index contributed by atoms with van der Waals surface area (Å²) in [5.41, 5.74) is 5.46. The topological polar surface area (TPSA) is 101 Å². The van der Waals surface area contributed by atoms with Crippen LogP contribution in [-0.2, 0) is 4.74 Å². The van der Waals surface area contributed by atoms with Gasteiger partial charge in [0.05, 0.1) is 6.54 Å². The number of hydrogen-bond acceptors (Lipinski definition) is 5. The molecule has 0 spiro atoms. The summed E-state index contributed by atoms with van der Waals surface area (Å²) in [6, 6.07) is 5.55. The number of rotatable bonds is 5. The van der Waals surface area contributed by atoms with Gasteiger partial charge in [-0.3, -0.25) is 4.99 Å². The van der Waals surface area contributed by atoms with E-state index in [1.807, 2.05) is 25.7 Å². The van der Waals surface area contributed by atoms with Crippen LogP contribution in [0.2, 0.25) is 0 Å². The van der Waals surface area contributed by atoms with Crippen LogP contribution in [-0.4, -0.2) is 78.0 Å². The van der Waals surface area contributed by atoms with E-state index in [4.69, 9.17) is 15.2 Å². The zero-order valence-electron chi connectivity index (χ0n) is 16.6. The number of aliphatic hydroxyl groups excluding tert-OH is 1. The SMILES string of the molecule is CC(C)(C)OC(=O)N1CCN(C(N)=NCC(O)COc2ccc(F)cc2)CC1. The van der Waals surface area contributed by atoms with E-state index in [-0.39, 0.29) is 25.1 Å². The van der Waals surface area contributed by atoms with Crippen LogP contribution in [0.3, 0.4) is 0 Å². The average molecular weight is 396 g/mol. The molecule has 1 aliphatic heterocycles. The van der Waals surface area contributed by atoms with Gasteiger partial charge in [-0.2, -0.15) is 0 Å². The molecule has 1 fully saturated rings. The van der Waals surface area contributed by atoms with E-state index >= 15 is 0 Å². The lowest BCUT2D eigenvalue weighted by Crippen LogP contribution is -2.53. The van der Waals surface area contributed by atoms with Crippen molar-refractivity contribution in [3.8, 4) is 5.75 Å². The highest BCUT2D eigenvalue weighted by atomic mass is 19.1. The molecule has 1 amide bonds. The van der Waals surface area contributed by atoms with Gasteiger partial charge in [0.15, 0.2) is 5.96 Å². The van der Waals surface area contributed by atoms with Crippen LogP contribution in [0.4, 0.5) is 9.18 Å². The second-order valence-electron chi connectivity index (χ2n) is 7.57. The molecule has 0 saturated carbocycles. The highest BCUT2D eigenvalue weighted by Gasteiger charge is 2.26. The molecule has 0 radical (unpaired) electrons. The van der Waals surface area contributed by atoms with Crippen molar-refractivity contribution >= 4 is 12.1 Å². The standard InChI is InChI=1S/C19H29FN4O4/c1-19(2,3)28-18(26)24-10-8-23(9-11-24)17(21)22-12-15(25)13-27-16-6-4-14(20)5-7-16/h4-7,15,25H,8-13H2,1-3H3,(H2,21,22). The van der Waals surface area contributed by atoms with Crippen molar-refractivity contribution in [2.24, 2.45) is 10.7 Å². The van der Waals surface area contributed by atoms with Crippen molar-refractivity contribution in [1.29, 1.82) is 0 Å². The Morgan fingerprint density at radius 3 is 2.36 bits per heavy atom. The van der Waals surface area contributed by atoms with Crippen LogP contribution in [0.15, 0.2) is 29.3 Å². The molecule has 156 valence electrons. The first kappa shape index (κ1) is 21.7. The summed E-state index contributed by atoms with van der Waals surface area (Å²) in [5.74, 6) is 0.428. The summed E-state index contributed by atoms with van der Waals surface area (Å²) < 4.78 is 23.6. The maximum atomic E-state index is 12.8. The number of nitrogens with two attached hydrogens (primary N) is 1. The Kier molecular flexibility index (Phi) is 7.45. The molecule has 1 aromatic carbocycles. The van der Waals surface area contributed by atoms with Gasteiger partial charge in [-0.05, 0) is 45.0 Å². The van der Waals surface area contributed by atoms with Gasteiger partial charge in [0, 0.05) is 26.2 Å². The third-order valence-electron chi connectivity index (χ3n) is 3.98. The van der Waals surface area contributed by atoms with Crippen molar-refractivity contribution in [1.82, 2.24) is 9.80 Å². The molecule has 8 nitrogen and oxygen atoms in total. The molecule has 0 bridgehead atoms.